The Morgan fingerprint density at radius 3 is 2.29 bits per heavy atom. The number of nitrogens with one attached hydrogen (secondary N) is 1. The van der Waals surface area contributed by atoms with Crippen molar-refractivity contribution < 1.29 is 16.8 Å². The number of benzene rings is 1. The number of nitrogens with two attached hydrogens (primary N) is 1. The molecule has 7 nitrogen and oxygen atoms in total. The fourth-order valence-corrected chi connectivity index (χ4v) is 4.68. The molecule has 138 valence electrons. The van der Waals surface area contributed by atoms with Gasteiger partial charge in [0.25, 0.3) is 0 Å². The highest BCUT2D eigenvalue weighted by atomic mass is 35.5. The van der Waals surface area contributed by atoms with Crippen molar-refractivity contribution in [2.75, 3.05) is 19.6 Å². The number of nitrogens with zero attached hydrogens (tertiary/aromatic N) is 1. The first-order chi connectivity index (χ1) is 10.7. The van der Waals surface area contributed by atoms with Crippen LogP contribution in [-0.4, -0.2) is 47.4 Å². The van der Waals surface area contributed by atoms with Crippen molar-refractivity contribution in [3.8, 4) is 0 Å². The first-order valence-electron chi connectivity index (χ1n) is 7.60. The molecule has 0 aromatic heterocycles. The van der Waals surface area contributed by atoms with Crippen molar-refractivity contribution >= 4 is 32.5 Å². The van der Waals surface area contributed by atoms with E-state index in [1.165, 1.54) is 18.2 Å². The van der Waals surface area contributed by atoms with Crippen molar-refractivity contribution in [3.05, 3.63) is 24.3 Å². The summed E-state index contributed by atoms with van der Waals surface area (Å²) >= 11 is 0. The molecule has 1 fully saturated rings. The molecule has 0 atom stereocenters. The average molecular weight is 398 g/mol. The molecule has 0 aliphatic carbocycles. The lowest BCUT2D eigenvalue weighted by Gasteiger charge is -2.31. The van der Waals surface area contributed by atoms with Gasteiger partial charge in [0, 0.05) is 6.04 Å². The zero-order chi connectivity index (χ0) is 17.1. The number of halogens is 1. The maximum absolute atomic E-state index is 12.4. The smallest absolute Gasteiger partial charge is 0.240 e. The van der Waals surface area contributed by atoms with Crippen LogP contribution in [0.15, 0.2) is 34.1 Å². The maximum Gasteiger partial charge on any atom is 0.240 e. The first-order valence-corrected chi connectivity index (χ1v) is 10.6. The zero-order valence-electron chi connectivity index (χ0n) is 13.5. The van der Waals surface area contributed by atoms with Crippen LogP contribution >= 0.6 is 12.4 Å². The van der Waals surface area contributed by atoms with Crippen LogP contribution in [0.3, 0.4) is 0 Å². The average Bonchev–Trinajstić information content (AvgIpc) is 2.49. The Bertz CT molecular complexity index is 745. The molecule has 0 amide bonds. The Balaban J connectivity index is 0.00000288. The molecule has 0 unspecified atom stereocenters. The standard InChI is InChI=1S/C14H23N3O4S2.ClH/c1-2-8-17-9-6-12(7-10-17)16-23(20,21)14-5-3-4-13(11-14)22(15,18)19;/h3-5,11-12,16H,2,6-10H2,1H3,(H2,15,18,19);1H. The van der Waals surface area contributed by atoms with Crippen LogP contribution in [0, 0.1) is 0 Å². The molecule has 3 N–H and O–H groups in total. The molecule has 1 aliphatic rings. The second kappa shape index (κ2) is 8.59. The molecule has 10 heteroatoms. The Morgan fingerprint density at radius 2 is 1.75 bits per heavy atom. The summed E-state index contributed by atoms with van der Waals surface area (Å²) in [6.07, 6.45) is 2.57. The number of primary sulfonamides is 1. The summed E-state index contributed by atoms with van der Waals surface area (Å²) in [5.74, 6) is 0. The van der Waals surface area contributed by atoms with Crippen LogP contribution < -0.4 is 9.86 Å². The van der Waals surface area contributed by atoms with Crippen LogP contribution in [0.1, 0.15) is 26.2 Å². The van der Waals surface area contributed by atoms with Crippen LogP contribution in [-0.2, 0) is 20.0 Å². The van der Waals surface area contributed by atoms with E-state index in [1.54, 1.807) is 0 Å². The molecule has 1 aromatic rings. The molecule has 1 heterocycles. The predicted octanol–water partition coefficient (Wildman–Crippen LogP) is 0.909. The van der Waals surface area contributed by atoms with Gasteiger partial charge in [-0.15, -0.1) is 12.4 Å². The van der Waals surface area contributed by atoms with E-state index in [1.807, 2.05) is 0 Å². The molecule has 0 saturated carbocycles. The molecule has 0 radical (unpaired) electrons. The molecular formula is C14H24ClN3O4S2. The summed E-state index contributed by atoms with van der Waals surface area (Å²) in [5, 5.41) is 5.05. The van der Waals surface area contributed by atoms with E-state index in [4.69, 9.17) is 5.14 Å². The number of piperidine rings is 1. The number of hydrogen-bond donors (Lipinski definition) is 2. The Labute approximate surface area is 150 Å². The predicted molar refractivity (Wildman–Crippen MR) is 95.1 cm³/mol. The summed E-state index contributed by atoms with van der Waals surface area (Å²) in [6, 6.07) is 4.97. The highest BCUT2D eigenvalue weighted by Gasteiger charge is 2.25. The van der Waals surface area contributed by atoms with Gasteiger partial charge in [0.2, 0.25) is 20.0 Å². The molecule has 0 bridgehead atoms. The van der Waals surface area contributed by atoms with Gasteiger partial charge in [-0.3, -0.25) is 0 Å². The summed E-state index contributed by atoms with van der Waals surface area (Å²) in [5.41, 5.74) is 0. The van der Waals surface area contributed by atoms with Gasteiger partial charge in [-0.1, -0.05) is 13.0 Å². The monoisotopic (exact) mass is 397 g/mol. The number of sulfonamides is 2. The Kier molecular flexibility index (Phi) is 7.64. The van der Waals surface area contributed by atoms with Gasteiger partial charge in [-0.2, -0.15) is 0 Å². The first kappa shape index (κ1) is 21.3. The van der Waals surface area contributed by atoms with E-state index in [0.29, 0.717) is 0 Å². The minimum atomic E-state index is -3.93. The van der Waals surface area contributed by atoms with Crippen molar-refractivity contribution in [1.82, 2.24) is 9.62 Å². The Morgan fingerprint density at radius 1 is 1.17 bits per heavy atom. The fraction of sp³-hybridized carbons (Fsp3) is 0.571. The lowest BCUT2D eigenvalue weighted by atomic mass is 10.1. The number of rotatable bonds is 6. The second-order valence-corrected chi connectivity index (χ2v) is 9.03. The van der Waals surface area contributed by atoms with E-state index >= 15 is 0 Å². The van der Waals surface area contributed by atoms with Gasteiger partial charge >= 0.3 is 0 Å². The van der Waals surface area contributed by atoms with Gasteiger partial charge in [-0.05, 0) is 57.1 Å². The fourth-order valence-electron chi connectivity index (χ4n) is 2.70. The van der Waals surface area contributed by atoms with Crippen molar-refractivity contribution in [2.24, 2.45) is 5.14 Å². The summed E-state index contributed by atoms with van der Waals surface area (Å²) in [7, 11) is -7.69. The quantitative estimate of drug-likeness (QED) is 0.741. The molecule has 1 aromatic carbocycles. The van der Waals surface area contributed by atoms with Gasteiger partial charge in [0.05, 0.1) is 9.79 Å². The molecular weight excluding hydrogens is 374 g/mol. The van der Waals surface area contributed by atoms with Crippen LogP contribution in [0.4, 0.5) is 0 Å². The number of hydrogen-bond acceptors (Lipinski definition) is 5. The normalized spacial score (nSPS) is 17.4. The van der Waals surface area contributed by atoms with Gasteiger partial charge < -0.3 is 4.90 Å². The van der Waals surface area contributed by atoms with E-state index < -0.39 is 20.0 Å². The number of likely N-dealkylation sites (tertiary alicyclic amines) is 1. The molecule has 1 saturated heterocycles. The largest absolute Gasteiger partial charge is 0.303 e. The highest BCUT2D eigenvalue weighted by Crippen LogP contribution is 2.17. The lowest BCUT2D eigenvalue weighted by Crippen LogP contribution is -2.44. The lowest BCUT2D eigenvalue weighted by molar-refractivity contribution is 0.208. The third kappa shape index (κ3) is 5.68. The minimum absolute atomic E-state index is 0. The van der Waals surface area contributed by atoms with E-state index in [9.17, 15) is 16.8 Å². The summed E-state index contributed by atoms with van der Waals surface area (Å²) in [6.45, 7) is 4.86. The van der Waals surface area contributed by atoms with Crippen LogP contribution in [0.25, 0.3) is 0 Å². The van der Waals surface area contributed by atoms with Gasteiger partial charge in [-0.25, -0.2) is 26.7 Å². The summed E-state index contributed by atoms with van der Waals surface area (Å²) < 4.78 is 50.2. The SMILES string of the molecule is CCCN1CCC(NS(=O)(=O)c2cccc(S(N)(=O)=O)c2)CC1.Cl. The van der Waals surface area contributed by atoms with E-state index in [0.717, 1.165) is 45.0 Å². The molecule has 24 heavy (non-hydrogen) atoms. The second-order valence-electron chi connectivity index (χ2n) is 5.76. The molecule has 0 spiro atoms. The summed E-state index contributed by atoms with van der Waals surface area (Å²) in [4.78, 5) is 2.02. The molecule has 1 aliphatic heterocycles. The van der Waals surface area contributed by atoms with Crippen molar-refractivity contribution in [2.45, 2.75) is 42.0 Å². The topological polar surface area (TPSA) is 110 Å². The minimum Gasteiger partial charge on any atom is -0.303 e. The highest BCUT2D eigenvalue weighted by molar-refractivity contribution is 7.90. The van der Waals surface area contributed by atoms with E-state index in [-0.39, 0.29) is 28.2 Å². The van der Waals surface area contributed by atoms with Gasteiger partial charge in [0.15, 0.2) is 0 Å². The van der Waals surface area contributed by atoms with E-state index in [2.05, 4.69) is 16.5 Å². The Hall–Kier alpha value is -0.710. The third-order valence-corrected chi connectivity index (χ3v) is 6.32. The third-order valence-electron chi connectivity index (χ3n) is 3.89. The van der Waals surface area contributed by atoms with Crippen LogP contribution in [0.5, 0.6) is 0 Å². The molecule has 2 rings (SSSR count). The van der Waals surface area contributed by atoms with Crippen LogP contribution in [0.2, 0.25) is 0 Å². The van der Waals surface area contributed by atoms with Crippen molar-refractivity contribution in [1.29, 1.82) is 0 Å². The van der Waals surface area contributed by atoms with Crippen molar-refractivity contribution in [3.63, 3.8) is 0 Å². The van der Waals surface area contributed by atoms with Gasteiger partial charge in [0.1, 0.15) is 0 Å². The zero-order valence-corrected chi connectivity index (χ0v) is 16.0. The maximum atomic E-state index is 12.4.